The van der Waals surface area contributed by atoms with Gasteiger partial charge in [0.25, 0.3) is 0 Å². The Kier molecular flexibility index (Phi) is 3.27. The number of carbonyl (C=O) groups is 1. The summed E-state index contributed by atoms with van der Waals surface area (Å²) in [7, 11) is 1.40. The second kappa shape index (κ2) is 5.54. The molecule has 0 radical (unpaired) electrons. The third-order valence-electron chi connectivity index (χ3n) is 5.17. The Hall–Kier alpha value is -2.92. The lowest BCUT2D eigenvalue weighted by Crippen LogP contribution is -2.08. The first-order valence-electron chi connectivity index (χ1n) is 8.63. The standard InChI is InChI=1S/C21H18N2O3/c1-12-9-22-23(10-12)11-13-3-5-15-17(7-13)20-18-8-14(21(24)25-2)4-6-16(18)19(15)26-20/h3-10,19-20H,11H2,1-2H3. The zero-order valence-corrected chi connectivity index (χ0v) is 14.6. The number of esters is 1. The van der Waals surface area contributed by atoms with E-state index in [1.54, 1.807) is 0 Å². The van der Waals surface area contributed by atoms with Gasteiger partial charge in [0.05, 0.1) is 25.4 Å². The summed E-state index contributed by atoms with van der Waals surface area (Å²) in [6, 6.07) is 12.2. The molecule has 26 heavy (non-hydrogen) atoms. The second-order valence-electron chi connectivity index (χ2n) is 6.91. The molecule has 2 aliphatic rings. The van der Waals surface area contributed by atoms with E-state index in [9.17, 15) is 4.79 Å². The van der Waals surface area contributed by atoms with Crippen LogP contribution in [0.3, 0.4) is 0 Å². The van der Waals surface area contributed by atoms with E-state index in [2.05, 4.69) is 23.3 Å². The maximum atomic E-state index is 11.9. The molecule has 0 amide bonds. The van der Waals surface area contributed by atoms with Crippen molar-refractivity contribution in [1.82, 2.24) is 9.78 Å². The van der Waals surface area contributed by atoms with Gasteiger partial charge in [-0.2, -0.15) is 5.10 Å². The molecule has 2 atom stereocenters. The van der Waals surface area contributed by atoms with Gasteiger partial charge in [-0.05, 0) is 52.4 Å². The minimum atomic E-state index is -0.321. The Labute approximate surface area is 151 Å². The Morgan fingerprint density at radius 3 is 2.58 bits per heavy atom. The van der Waals surface area contributed by atoms with Gasteiger partial charge in [-0.1, -0.05) is 24.3 Å². The van der Waals surface area contributed by atoms with Gasteiger partial charge < -0.3 is 9.47 Å². The number of methoxy groups -OCH3 is 1. The van der Waals surface area contributed by atoms with Crippen molar-refractivity contribution in [2.75, 3.05) is 7.11 Å². The van der Waals surface area contributed by atoms with Crippen molar-refractivity contribution < 1.29 is 14.3 Å². The van der Waals surface area contributed by atoms with E-state index in [1.807, 2.05) is 42.2 Å². The Morgan fingerprint density at radius 1 is 1.12 bits per heavy atom. The lowest BCUT2D eigenvalue weighted by Gasteiger charge is -2.17. The van der Waals surface area contributed by atoms with Crippen LogP contribution in [0.25, 0.3) is 0 Å². The molecule has 5 heteroatoms. The zero-order chi connectivity index (χ0) is 17.8. The lowest BCUT2D eigenvalue weighted by atomic mass is 9.84. The maximum Gasteiger partial charge on any atom is 0.337 e. The average Bonchev–Trinajstić information content (AvgIpc) is 3.34. The predicted octanol–water partition coefficient (Wildman–Crippen LogP) is 3.55. The minimum Gasteiger partial charge on any atom is -0.465 e. The van der Waals surface area contributed by atoms with Crippen LogP contribution < -0.4 is 0 Å². The molecule has 0 saturated heterocycles. The fourth-order valence-corrected chi connectivity index (χ4v) is 3.98. The van der Waals surface area contributed by atoms with E-state index in [4.69, 9.17) is 9.47 Å². The van der Waals surface area contributed by atoms with Gasteiger partial charge in [0, 0.05) is 6.20 Å². The Balaban J connectivity index is 1.51. The molecule has 2 aliphatic heterocycles. The number of hydrogen-bond acceptors (Lipinski definition) is 4. The second-order valence-corrected chi connectivity index (χ2v) is 6.91. The first kappa shape index (κ1) is 15.3. The van der Waals surface area contributed by atoms with E-state index in [0.29, 0.717) is 5.56 Å². The largest absolute Gasteiger partial charge is 0.465 e. The van der Waals surface area contributed by atoms with Gasteiger partial charge in [0.15, 0.2) is 0 Å². The normalized spacial score (nSPS) is 19.3. The molecule has 5 nitrogen and oxygen atoms in total. The van der Waals surface area contributed by atoms with E-state index >= 15 is 0 Å². The van der Waals surface area contributed by atoms with Crippen molar-refractivity contribution in [2.45, 2.75) is 25.7 Å². The van der Waals surface area contributed by atoms with Gasteiger partial charge in [0.2, 0.25) is 0 Å². The van der Waals surface area contributed by atoms with Crippen LogP contribution in [0.4, 0.5) is 0 Å². The van der Waals surface area contributed by atoms with Crippen molar-refractivity contribution >= 4 is 5.97 Å². The molecule has 0 spiro atoms. The molecule has 0 fully saturated rings. The van der Waals surface area contributed by atoms with Crippen LogP contribution in [-0.4, -0.2) is 22.9 Å². The summed E-state index contributed by atoms with van der Waals surface area (Å²) in [4.78, 5) is 11.9. The molecule has 3 heterocycles. The number of fused-ring (bicyclic) bond motifs is 8. The van der Waals surface area contributed by atoms with Gasteiger partial charge in [-0.3, -0.25) is 4.68 Å². The van der Waals surface area contributed by atoms with Gasteiger partial charge in [-0.15, -0.1) is 0 Å². The fraction of sp³-hybridized carbons (Fsp3) is 0.238. The topological polar surface area (TPSA) is 53.4 Å². The minimum absolute atomic E-state index is 0.0438. The summed E-state index contributed by atoms with van der Waals surface area (Å²) in [5, 5.41) is 4.36. The molecule has 0 aliphatic carbocycles. The molecule has 3 aromatic rings. The summed E-state index contributed by atoms with van der Waals surface area (Å²) < 4.78 is 13.0. The third-order valence-corrected chi connectivity index (χ3v) is 5.17. The highest BCUT2D eigenvalue weighted by atomic mass is 16.5. The Bertz CT molecular complexity index is 1040. The van der Waals surface area contributed by atoms with Crippen molar-refractivity contribution in [3.05, 3.63) is 87.7 Å². The number of aromatic nitrogens is 2. The summed E-state index contributed by atoms with van der Waals surface area (Å²) >= 11 is 0. The van der Waals surface area contributed by atoms with Crippen LogP contribution in [-0.2, 0) is 16.0 Å². The summed E-state index contributed by atoms with van der Waals surface area (Å²) in [6.07, 6.45) is 3.74. The third kappa shape index (κ3) is 2.21. The van der Waals surface area contributed by atoms with E-state index in [0.717, 1.165) is 23.2 Å². The van der Waals surface area contributed by atoms with Gasteiger partial charge >= 0.3 is 5.97 Å². The van der Waals surface area contributed by atoms with Crippen LogP contribution in [0.5, 0.6) is 0 Å². The Morgan fingerprint density at radius 2 is 1.85 bits per heavy atom. The number of rotatable bonds is 3. The van der Waals surface area contributed by atoms with E-state index in [1.165, 1.54) is 23.8 Å². The highest BCUT2D eigenvalue weighted by Gasteiger charge is 2.43. The van der Waals surface area contributed by atoms with Crippen molar-refractivity contribution in [3.8, 4) is 0 Å². The number of hydrogen-bond donors (Lipinski definition) is 0. The number of benzene rings is 2. The fourth-order valence-electron chi connectivity index (χ4n) is 3.98. The van der Waals surface area contributed by atoms with Gasteiger partial charge in [0.1, 0.15) is 12.2 Å². The van der Waals surface area contributed by atoms with Crippen molar-refractivity contribution in [2.24, 2.45) is 0 Å². The van der Waals surface area contributed by atoms with Crippen LogP contribution in [0, 0.1) is 6.92 Å². The molecule has 0 saturated carbocycles. The summed E-state index contributed by atoms with van der Waals surface area (Å²) in [5.41, 5.74) is 7.52. The number of carbonyl (C=O) groups excluding carboxylic acids is 1. The molecule has 130 valence electrons. The SMILES string of the molecule is COC(=O)c1ccc2c(c1)C1OC2c2ccc(Cn3cc(C)cn3)cc21. The molecule has 0 N–H and O–H groups in total. The summed E-state index contributed by atoms with van der Waals surface area (Å²) in [6.45, 7) is 2.77. The zero-order valence-electron chi connectivity index (χ0n) is 14.6. The maximum absolute atomic E-state index is 11.9. The number of aryl methyl sites for hydroxylation is 1. The molecular weight excluding hydrogens is 328 g/mol. The molecule has 2 bridgehead atoms. The van der Waals surface area contributed by atoms with Crippen LogP contribution in [0.1, 0.15) is 55.9 Å². The molecule has 2 unspecified atom stereocenters. The first-order valence-corrected chi connectivity index (χ1v) is 8.63. The van der Waals surface area contributed by atoms with Crippen molar-refractivity contribution in [1.29, 1.82) is 0 Å². The molecule has 5 rings (SSSR count). The predicted molar refractivity (Wildman–Crippen MR) is 95.1 cm³/mol. The first-order chi connectivity index (χ1) is 12.6. The number of nitrogens with zero attached hydrogens (tertiary/aromatic N) is 2. The highest BCUT2D eigenvalue weighted by molar-refractivity contribution is 5.90. The van der Waals surface area contributed by atoms with Crippen LogP contribution >= 0.6 is 0 Å². The smallest absolute Gasteiger partial charge is 0.337 e. The van der Waals surface area contributed by atoms with Crippen molar-refractivity contribution in [3.63, 3.8) is 0 Å². The quantitative estimate of drug-likeness (QED) is 0.681. The molecule has 1 aromatic heterocycles. The molecular formula is C21H18N2O3. The average molecular weight is 346 g/mol. The lowest BCUT2D eigenvalue weighted by molar-refractivity contribution is 0.0600. The van der Waals surface area contributed by atoms with E-state index in [-0.39, 0.29) is 18.2 Å². The number of ether oxygens (including phenoxy) is 2. The highest BCUT2D eigenvalue weighted by Crippen LogP contribution is 2.54. The molecule has 2 aromatic carbocycles. The van der Waals surface area contributed by atoms with Crippen LogP contribution in [0.2, 0.25) is 0 Å². The summed E-state index contributed by atoms with van der Waals surface area (Å²) in [5.74, 6) is -0.321. The van der Waals surface area contributed by atoms with E-state index < -0.39 is 0 Å². The van der Waals surface area contributed by atoms with Crippen LogP contribution in [0.15, 0.2) is 48.8 Å². The van der Waals surface area contributed by atoms with Gasteiger partial charge in [-0.25, -0.2) is 4.79 Å². The monoisotopic (exact) mass is 346 g/mol.